The summed E-state index contributed by atoms with van der Waals surface area (Å²) >= 11 is 0. The number of nitrogens with zero attached hydrogens (tertiary/aromatic N) is 2. The zero-order valence-electron chi connectivity index (χ0n) is 11.0. The van der Waals surface area contributed by atoms with Crippen LogP contribution in [0, 0.1) is 0 Å². The van der Waals surface area contributed by atoms with Crippen LogP contribution in [0.15, 0.2) is 34.7 Å². The van der Waals surface area contributed by atoms with Crippen molar-refractivity contribution in [3.63, 3.8) is 0 Å². The van der Waals surface area contributed by atoms with Gasteiger partial charge >= 0.3 is 6.01 Å². The second-order valence-corrected chi connectivity index (χ2v) is 3.87. The molecule has 2 rings (SSSR count). The molecule has 0 saturated heterocycles. The number of hydrogen-bond acceptors (Lipinski definition) is 6. The fourth-order valence-electron chi connectivity index (χ4n) is 1.43. The van der Waals surface area contributed by atoms with Gasteiger partial charge in [0, 0.05) is 12.7 Å². The number of nitrogens with one attached hydrogen (secondary N) is 1. The minimum absolute atomic E-state index is 0.0456. The van der Waals surface area contributed by atoms with Crippen LogP contribution < -0.4 is 5.32 Å². The van der Waals surface area contributed by atoms with Crippen molar-refractivity contribution in [2.75, 3.05) is 32.2 Å². The van der Waals surface area contributed by atoms with E-state index in [1.807, 2.05) is 30.3 Å². The van der Waals surface area contributed by atoms with E-state index in [2.05, 4.69) is 15.5 Å². The Balaban J connectivity index is 1.85. The Morgan fingerprint density at radius 1 is 1.25 bits per heavy atom. The Bertz CT molecular complexity index is 542. The van der Waals surface area contributed by atoms with Gasteiger partial charge in [-0.1, -0.05) is 23.3 Å². The largest absolute Gasteiger partial charge is 0.403 e. The van der Waals surface area contributed by atoms with Gasteiger partial charge in [-0.3, -0.25) is 10.1 Å². The third kappa shape index (κ3) is 4.15. The Hall–Kier alpha value is -2.25. The van der Waals surface area contributed by atoms with Crippen molar-refractivity contribution in [2.24, 2.45) is 0 Å². The Morgan fingerprint density at radius 3 is 2.80 bits per heavy atom. The van der Waals surface area contributed by atoms with Crippen LogP contribution in [0.4, 0.5) is 6.01 Å². The van der Waals surface area contributed by atoms with Crippen LogP contribution in [0.2, 0.25) is 0 Å². The lowest BCUT2D eigenvalue weighted by atomic mass is 10.2. The molecule has 20 heavy (non-hydrogen) atoms. The molecule has 1 heterocycles. The Morgan fingerprint density at radius 2 is 2.05 bits per heavy atom. The van der Waals surface area contributed by atoms with E-state index in [0.717, 1.165) is 5.56 Å². The highest BCUT2D eigenvalue weighted by Gasteiger charge is 2.10. The van der Waals surface area contributed by atoms with E-state index in [1.54, 1.807) is 7.11 Å². The molecule has 106 valence electrons. The molecule has 1 aromatic carbocycles. The molecule has 1 amide bonds. The van der Waals surface area contributed by atoms with Gasteiger partial charge in [-0.15, -0.1) is 5.10 Å². The van der Waals surface area contributed by atoms with Gasteiger partial charge in [0.2, 0.25) is 5.89 Å². The van der Waals surface area contributed by atoms with Crippen molar-refractivity contribution in [2.45, 2.75) is 0 Å². The number of amides is 1. The Kier molecular flexibility index (Phi) is 5.22. The van der Waals surface area contributed by atoms with Gasteiger partial charge in [0.1, 0.15) is 6.61 Å². The maximum atomic E-state index is 11.5. The first-order valence-electron chi connectivity index (χ1n) is 6.05. The molecule has 0 aliphatic rings. The van der Waals surface area contributed by atoms with E-state index < -0.39 is 0 Å². The van der Waals surface area contributed by atoms with Crippen molar-refractivity contribution >= 4 is 11.9 Å². The molecule has 7 nitrogen and oxygen atoms in total. The Labute approximate surface area is 115 Å². The monoisotopic (exact) mass is 277 g/mol. The number of carbonyl (C=O) groups is 1. The lowest BCUT2D eigenvalue weighted by molar-refractivity contribution is -0.121. The van der Waals surface area contributed by atoms with Gasteiger partial charge in [0.05, 0.1) is 13.2 Å². The predicted molar refractivity (Wildman–Crippen MR) is 71.1 cm³/mol. The number of anilines is 1. The summed E-state index contributed by atoms with van der Waals surface area (Å²) in [5.41, 5.74) is 0.789. The van der Waals surface area contributed by atoms with Crippen molar-refractivity contribution in [3.05, 3.63) is 30.3 Å². The molecule has 0 fully saturated rings. The summed E-state index contributed by atoms with van der Waals surface area (Å²) in [5.74, 6) is -0.00874. The van der Waals surface area contributed by atoms with Crippen LogP contribution >= 0.6 is 0 Å². The van der Waals surface area contributed by atoms with E-state index >= 15 is 0 Å². The van der Waals surface area contributed by atoms with Crippen molar-refractivity contribution < 1.29 is 18.7 Å². The molecule has 1 N–H and O–H groups in total. The average Bonchev–Trinajstić information content (AvgIpc) is 2.93. The van der Waals surface area contributed by atoms with Crippen molar-refractivity contribution in [1.82, 2.24) is 10.2 Å². The molecule has 0 radical (unpaired) electrons. The second kappa shape index (κ2) is 7.37. The van der Waals surface area contributed by atoms with E-state index in [9.17, 15) is 4.79 Å². The molecule has 1 aromatic heterocycles. The fourth-order valence-corrected chi connectivity index (χ4v) is 1.43. The van der Waals surface area contributed by atoms with Gasteiger partial charge < -0.3 is 13.9 Å². The van der Waals surface area contributed by atoms with Crippen LogP contribution in [0.5, 0.6) is 0 Å². The van der Waals surface area contributed by atoms with Gasteiger partial charge in [-0.25, -0.2) is 0 Å². The minimum atomic E-state index is -0.357. The summed E-state index contributed by atoms with van der Waals surface area (Å²) in [6, 6.07) is 9.34. The molecule has 7 heteroatoms. The topological polar surface area (TPSA) is 86.5 Å². The van der Waals surface area contributed by atoms with Crippen LogP contribution in [0.25, 0.3) is 11.5 Å². The molecule has 0 unspecified atom stereocenters. The van der Waals surface area contributed by atoms with Gasteiger partial charge in [0.15, 0.2) is 0 Å². The smallest absolute Gasteiger partial charge is 0.322 e. The highest BCUT2D eigenvalue weighted by Crippen LogP contribution is 2.18. The summed E-state index contributed by atoms with van der Waals surface area (Å²) in [4.78, 5) is 11.5. The van der Waals surface area contributed by atoms with Crippen LogP contribution in [-0.2, 0) is 14.3 Å². The zero-order valence-corrected chi connectivity index (χ0v) is 11.0. The standard InChI is InChI=1S/C13H15N3O4/c1-18-7-8-19-9-11(17)14-13-16-15-12(20-13)10-5-3-2-4-6-10/h2-6H,7-9H2,1H3,(H,14,16,17). The molecule has 0 bridgehead atoms. The van der Waals surface area contributed by atoms with Crippen LogP contribution in [-0.4, -0.2) is 43.0 Å². The number of carbonyl (C=O) groups excluding carboxylic acids is 1. The number of ether oxygens (including phenoxy) is 2. The summed E-state index contributed by atoms with van der Waals surface area (Å²) in [6.45, 7) is 0.696. The van der Waals surface area contributed by atoms with Gasteiger partial charge in [-0.2, -0.15) is 0 Å². The summed E-state index contributed by atoms with van der Waals surface area (Å²) in [5, 5.41) is 10.1. The second-order valence-electron chi connectivity index (χ2n) is 3.87. The number of aromatic nitrogens is 2. The summed E-state index contributed by atoms with van der Waals surface area (Å²) in [7, 11) is 1.56. The predicted octanol–water partition coefficient (Wildman–Crippen LogP) is 1.34. The van der Waals surface area contributed by atoms with Gasteiger partial charge in [-0.05, 0) is 12.1 Å². The molecule has 0 aliphatic carbocycles. The lowest BCUT2D eigenvalue weighted by Crippen LogP contribution is -2.19. The van der Waals surface area contributed by atoms with Crippen molar-refractivity contribution in [3.8, 4) is 11.5 Å². The maximum absolute atomic E-state index is 11.5. The molecular weight excluding hydrogens is 262 g/mol. The highest BCUT2D eigenvalue weighted by atomic mass is 16.5. The fraction of sp³-hybridized carbons (Fsp3) is 0.308. The third-order valence-electron chi connectivity index (χ3n) is 2.36. The number of methoxy groups -OCH3 is 1. The molecular formula is C13H15N3O4. The van der Waals surface area contributed by atoms with Crippen molar-refractivity contribution in [1.29, 1.82) is 0 Å². The molecule has 0 spiro atoms. The minimum Gasteiger partial charge on any atom is -0.403 e. The van der Waals surface area contributed by atoms with Crippen LogP contribution in [0.3, 0.4) is 0 Å². The molecule has 0 saturated carbocycles. The molecule has 0 aliphatic heterocycles. The van der Waals surface area contributed by atoms with E-state index in [-0.39, 0.29) is 18.5 Å². The third-order valence-corrected chi connectivity index (χ3v) is 2.36. The average molecular weight is 277 g/mol. The maximum Gasteiger partial charge on any atom is 0.322 e. The first-order valence-corrected chi connectivity index (χ1v) is 6.05. The number of benzene rings is 1. The zero-order chi connectivity index (χ0) is 14.2. The molecule has 0 atom stereocenters. The van der Waals surface area contributed by atoms with E-state index in [0.29, 0.717) is 19.1 Å². The van der Waals surface area contributed by atoms with Gasteiger partial charge in [0.25, 0.3) is 5.91 Å². The number of hydrogen-bond donors (Lipinski definition) is 1. The lowest BCUT2D eigenvalue weighted by Gasteiger charge is -2.02. The quantitative estimate of drug-likeness (QED) is 0.768. The number of rotatable bonds is 7. The highest BCUT2D eigenvalue weighted by molar-refractivity contribution is 5.89. The first-order chi connectivity index (χ1) is 9.79. The summed E-state index contributed by atoms with van der Waals surface area (Å²) < 4.78 is 15.2. The normalized spacial score (nSPS) is 10.4. The SMILES string of the molecule is COCCOCC(=O)Nc1nnc(-c2ccccc2)o1. The molecule has 2 aromatic rings. The first kappa shape index (κ1) is 14.2. The summed E-state index contributed by atoms with van der Waals surface area (Å²) in [6.07, 6.45) is 0. The van der Waals surface area contributed by atoms with Crippen LogP contribution in [0.1, 0.15) is 0 Å². The van der Waals surface area contributed by atoms with E-state index in [1.165, 1.54) is 0 Å². The van der Waals surface area contributed by atoms with E-state index in [4.69, 9.17) is 13.9 Å².